The van der Waals surface area contributed by atoms with Gasteiger partial charge in [-0.25, -0.2) is 9.98 Å². The van der Waals surface area contributed by atoms with Crippen molar-refractivity contribution < 1.29 is 15.0 Å². The molecule has 0 saturated heterocycles. The first kappa shape index (κ1) is 19.5. The maximum absolute atomic E-state index is 10.6. The van der Waals surface area contributed by atoms with E-state index in [4.69, 9.17) is 9.90 Å². The van der Waals surface area contributed by atoms with E-state index in [1.54, 1.807) is 12.3 Å². The second kappa shape index (κ2) is 8.19. The normalized spacial score (nSPS) is 17.6. The Morgan fingerprint density at radius 1 is 1.36 bits per heavy atom. The van der Waals surface area contributed by atoms with Gasteiger partial charge in [-0.1, -0.05) is 6.08 Å². The molecule has 7 nitrogen and oxygen atoms in total. The maximum atomic E-state index is 10.6. The molecule has 0 amide bonds. The molecule has 0 fully saturated rings. The number of carbonyl (C=O) groups is 1. The Labute approximate surface area is 163 Å². The molecule has 0 spiro atoms. The molecule has 1 aliphatic heterocycles. The van der Waals surface area contributed by atoms with Gasteiger partial charge in [0.05, 0.1) is 23.0 Å². The molecule has 1 unspecified atom stereocenters. The minimum atomic E-state index is -1.01. The minimum Gasteiger partial charge on any atom is -0.481 e. The zero-order chi connectivity index (χ0) is 20.3. The topological polar surface area (TPSA) is 112 Å². The van der Waals surface area contributed by atoms with Crippen molar-refractivity contribution in [3.63, 3.8) is 0 Å². The lowest BCUT2D eigenvalue weighted by Gasteiger charge is -2.17. The quantitative estimate of drug-likeness (QED) is 0.789. The predicted octanol–water partition coefficient (Wildman–Crippen LogP) is 3.44. The van der Waals surface area contributed by atoms with Gasteiger partial charge in [0, 0.05) is 24.4 Å². The molecule has 1 atom stereocenters. The molecule has 1 aromatic carbocycles. The molecule has 0 saturated carbocycles. The van der Waals surface area contributed by atoms with Crippen LogP contribution in [0.4, 0.5) is 0 Å². The smallest absolute Gasteiger partial charge is 0.300 e. The molecule has 7 heteroatoms. The molecule has 2 aromatic rings. The molecule has 144 valence electrons. The van der Waals surface area contributed by atoms with Gasteiger partial charge in [0.1, 0.15) is 0 Å². The number of nitriles is 1. The number of aliphatic hydroxyl groups excluding tert-OH is 1. The van der Waals surface area contributed by atoms with Crippen LogP contribution in [0.5, 0.6) is 0 Å². The zero-order valence-corrected chi connectivity index (χ0v) is 15.9. The van der Waals surface area contributed by atoms with Gasteiger partial charge in [0.2, 0.25) is 6.23 Å². The molecule has 0 radical (unpaired) electrons. The summed E-state index contributed by atoms with van der Waals surface area (Å²) < 4.78 is 1.93. The van der Waals surface area contributed by atoms with Gasteiger partial charge >= 0.3 is 0 Å². The second-order valence-corrected chi connectivity index (χ2v) is 6.78. The largest absolute Gasteiger partial charge is 0.481 e. The molecular formula is C21H22N4O3. The van der Waals surface area contributed by atoms with Gasteiger partial charge in [0.25, 0.3) is 5.97 Å². The Balaban J connectivity index is 0.000000516. The average molecular weight is 378 g/mol. The number of benzene rings is 1. The number of imidazole rings is 1. The highest BCUT2D eigenvalue weighted by molar-refractivity contribution is 6.15. The van der Waals surface area contributed by atoms with Crippen molar-refractivity contribution in [1.29, 1.82) is 5.26 Å². The first-order valence-electron chi connectivity index (χ1n) is 9.16. The minimum absolute atomic E-state index is 0.518. The first-order valence-corrected chi connectivity index (χ1v) is 9.16. The lowest BCUT2D eigenvalue weighted by molar-refractivity contribution is -0.134. The fourth-order valence-electron chi connectivity index (χ4n) is 3.50. The Morgan fingerprint density at radius 2 is 2.11 bits per heavy atom. The number of carboxylic acids is 1. The van der Waals surface area contributed by atoms with E-state index < -0.39 is 12.2 Å². The van der Waals surface area contributed by atoms with E-state index in [-0.39, 0.29) is 0 Å². The van der Waals surface area contributed by atoms with E-state index in [9.17, 15) is 10.4 Å². The second-order valence-electron chi connectivity index (χ2n) is 6.78. The number of aliphatic imine (C=N–C) groups is 1. The number of nitrogens with zero attached hydrogens (tertiary/aromatic N) is 4. The number of hydrogen-bond acceptors (Lipinski definition) is 5. The standard InChI is InChI=1S/C19H18N4O.C2H4O2/c1-12-11-21-18-19(24)22-17(14-5-3-2-4-6-14)15-9-13(10-20)7-8-16(15)23(12)18;1-2(3)4/h5,7-9,11,19,24H,2-4,6H2,1H3;1H3,(H,3,4). The number of aromatic nitrogens is 2. The molecule has 0 bridgehead atoms. The van der Waals surface area contributed by atoms with Crippen LogP contribution in [-0.2, 0) is 4.79 Å². The summed E-state index contributed by atoms with van der Waals surface area (Å²) >= 11 is 0. The summed E-state index contributed by atoms with van der Waals surface area (Å²) in [5.41, 5.74) is 5.28. The van der Waals surface area contributed by atoms with Gasteiger partial charge < -0.3 is 10.2 Å². The summed E-state index contributed by atoms with van der Waals surface area (Å²) in [4.78, 5) is 17.9. The highest BCUT2D eigenvalue weighted by atomic mass is 16.4. The molecule has 2 heterocycles. The van der Waals surface area contributed by atoms with Gasteiger partial charge in [-0.3, -0.25) is 9.36 Å². The molecule has 2 N–H and O–H groups in total. The van der Waals surface area contributed by atoms with Crippen LogP contribution >= 0.6 is 0 Å². The summed E-state index contributed by atoms with van der Waals surface area (Å²) in [5.74, 6) is -0.315. The van der Waals surface area contributed by atoms with Crippen LogP contribution in [0.2, 0.25) is 0 Å². The molecule has 4 rings (SSSR count). The Bertz CT molecular complexity index is 1010. The molecule has 1 aliphatic carbocycles. The van der Waals surface area contributed by atoms with Crippen molar-refractivity contribution in [2.24, 2.45) is 4.99 Å². The van der Waals surface area contributed by atoms with Gasteiger partial charge in [0.15, 0.2) is 5.82 Å². The molecule has 28 heavy (non-hydrogen) atoms. The van der Waals surface area contributed by atoms with Gasteiger partial charge in [-0.2, -0.15) is 5.26 Å². The van der Waals surface area contributed by atoms with E-state index in [0.717, 1.165) is 54.4 Å². The lowest BCUT2D eigenvalue weighted by Crippen LogP contribution is -2.11. The van der Waals surface area contributed by atoms with Crippen molar-refractivity contribution in [2.45, 2.75) is 45.8 Å². The summed E-state index contributed by atoms with van der Waals surface area (Å²) in [6.07, 6.45) is 7.22. The number of hydrogen-bond donors (Lipinski definition) is 2. The van der Waals surface area contributed by atoms with Crippen molar-refractivity contribution in [1.82, 2.24) is 9.55 Å². The maximum Gasteiger partial charge on any atom is 0.300 e. The van der Waals surface area contributed by atoms with Crippen LogP contribution in [0.15, 0.2) is 41.0 Å². The summed E-state index contributed by atoms with van der Waals surface area (Å²) in [5, 5.41) is 27.3. The number of aliphatic carboxylic acids is 1. The fraction of sp³-hybridized carbons (Fsp3) is 0.333. The number of allylic oxidation sites excluding steroid dienone is 2. The van der Waals surface area contributed by atoms with Crippen LogP contribution in [0, 0.1) is 18.3 Å². The van der Waals surface area contributed by atoms with Crippen molar-refractivity contribution in [3.05, 3.63) is 58.7 Å². The van der Waals surface area contributed by atoms with E-state index >= 15 is 0 Å². The Morgan fingerprint density at radius 3 is 2.75 bits per heavy atom. The zero-order valence-electron chi connectivity index (χ0n) is 15.9. The van der Waals surface area contributed by atoms with Crippen LogP contribution in [-0.4, -0.2) is 31.4 Å². The highest BCUT2D eigenvalue weighted by Crippen LogP contribution is 2.33. The molecule has 2 aliphatic rings. The van der Waals surface area contributed by atoms with E-state index in [1.807, 2.05) is 23.6 Å². The third kappa shape index (κ3) is 3.87. The van der Waals surface area contributed by atoms with Crippen molar-refractivity contribution in [2.75, 3.05) is 0 Å². The van der Waals surface area contributed by atoms with Crippen molar-refractivity contribution >= 4 is 11.7 Å². The van der Waals surface area contributed by atoms with Crippen molar-refractivity contribution in [3.8, 4) is 11.8 Å². The number of carboxylic acid groups (broad SMARTS) is 1. The number of fused-ring (bicyclic) bond motifs is 3. The van der Waals surface area contributed by atoms with E-state index in [0.29, 0.717) is 11.4 Å². The average Bonchev–Trinajstić information content (AvgIpc) is 3.01. The summed E-state index contributed by atoms with van der Waals surface area (Å²) in [7, 11) is 0. The first-order chi connectivity index (χ1) is 13.4. The van der Waals surface area contributed by atoms with Crippen LogP contribution in [0.25, 0.3) is 5.69 Å². The Hall–Kier alpha value is -3.24. The van der Waals surface area contributed by atoms with E-state index in [2.05, 4.69) is 22.1 Å². The van der Waals surface area contributed by atoms with Crippen LogP contribution in [0.3, 0.4) is 0 Å². The highest BCUT2D eigenvalue weighted by Gasteiger charge is 2.27. The molecule has 1 aromatic heterocycles. The van der Waals surface area contributed by atoms with Gasteiger partial charge in [-0.15, -0.1) is 0 Å². The third-order valence-corrected chi connectivity index (χ3v) is 4.66. The fourth-order valence-corrected chi connectivity index (χ4v) is 3.50. The van der Waals surface area contributed by atoms with Crippen LogP contribution in [0.1, 0.15) is 61.5 Å². The monoisotopic (exact) mass is 378 g/mol. The number of aryl methyl sites for hydroxylation is 1. The molecular weight excluding hydrogens is 356 g/mol. The number of aliphatic hydroxyl groups is 1. The summed E-state index contributed by atoms with van der Waals surface area (Å²) in [6.45, 7) is 3.04. The van der Waals surface area contributed by atoms with E-state index in [1.165, 1.54) is 6.42 Å². The SMILES string of the molecule is CC(=O)O.Cc1cnc2n1-c1ccc(C#N)cc1C(C1=CCCCC1)=NC2O. The number of rotatable bonds is 1. The predicted molar refractivity (Wildman–Crippen MR) is 104 cm³/mol. The lowest BCUT2D eigenvalue weighted by atomic mass is 9.91. The van der Waals surface area contributed by atoms with Crippen LogP contribution < -0.4 is 0 Å². The Kier molecular flexibility index (Phi) is 5.71. The van der Waals surface area contributed by atoms with Gasteiger partial charge in [-0.05, 0) is 56.4 Å². The third-order valence-electron chi connectivity index (χ3n) is 4.66. The summed E-state index contributed by atoms with van der Waals surface area (Å²) in [6, 6.07) is 7.79.